The van der Waals surface area contributed by atoms with E-state index in [1.807, 2.05) is 0 Å². The number of esters is 1. The molecule has 0 unspecified atom stereocenters. The van der Waals surface area contributed by atoms with Crippen LogP contribution in [0.5, 0.6) is 11.5 Å². The van der Waals surface area contributed by atoms with Crippen molar-refractivity contribution in [2.75, 3.05) is 32.4 Å². The van der Waals surface area contributed by atoms with E-state index in [4.69, 9.17) is 9.47 Å². The second-order valence-electron chi connectivity index (χ2n) is 4.43. The van der Waals surface area contributed by atoms with E-state index in [0.717, 1.165) is 0 Å². The maximum absolute atomic E-state index is 12.1. The van der Waals surface area contributed by atoms with Gasteiger partial charge in [0, 0.05) is 29.6 Å². The summed E-state index contributed by atoms with van der Waals surface area (Å²) < 4.78 is 14.9. The summed E-state index contributed by atoms with van der Waals surface area (Å²) in [5.74, 6) is 1.30. The average Bonchev–Trinajstić information content (AvgIpc) is 2.53. The maximum atomic E-state index is 12.1. The second kappa shape index (κ2) is 9.19. The number of benzene rings is 1. The zero-order chi connectivity index (χ0) is 16.5. The summed E-state index contributed by atoms with van der Waals surface area (Å²) in [7, 11) is 4.44. The summed E-state index contributed by atoms with van der Waals surface area (Å²) in [4.78, 5) is 23.2. The van der Waals surface area contributed by atoms with Crippen LogP contribution >= 0.6 is 11.8 Å². The van der Waals surface area contributed by atoms with Gasteiger partial charge in [0.25, 0.3) is 0 Å². The highest BCUT2D eigenvalue weighted by molar-refractivity contribution is 8.00. The predicted octanol–water partition coefficient (Wildman–Crippen LogP) is 2.33. The van der Waals surface area contributed by atoms with E-state index in [1.54, 1.807) is 39.3 Å². The van der Waals surface area contributed by atoms with Crippen LogP contribution in [0.3, 0.4) is 0 Å². The minimum Gasteiger partial charge on any atom is -0.497 e. The summed E-state index contributed by atoms with van der Waals surface area (Å²) >= 11 is 1.39. The van der Waals surface area contributed by atoms with Crippen LogP contribution in [0.4, 0.5) is 5.69 Å². The van der Waals surface area contributed by atoms with Crippen molar-refractivity contribution in [3.63, 3.8) is 0 Å². The van der Waals surface area contributed by atoms with E-state index < -0.39 is 0 Å². The van der Waals surface area contributed by atoms with Gasteiger partial charge >= 0.3 is 5.97 Å². The molecule has 1 amide bonds. The molecule has 6 nitrogen and oxygen atoms in total. The van der Waals surface area contributed by atoms with Gasteiger partial charge in [-0.2, -0.15) is 0 Å². The molecular formula is C15H21NO5S. The molecule has 7 heteroatoms. The minimum atomic E-state index is -0.290. The standard InChI is InChI=1S/C15H21NO5S/c1-10(22-6-5-14(17)21-4)15(18)16-11-7-12(19-2)9-13(8-11)20-3/h7-10H,5-6H2,1-4H3,(H,16,18)/t10-/m1/s1. The van der Waals surface area contributed by atoms with Crippen molar-refractivity contribution < 1.29 is 23.8 Å². The number of hydrogen-bond donors (Lipinski definition) is 1. The highest BCUT2D eigenvalue weighted by Gasteiger charge is 2.15. The first-order chi connectivity index (χ1) is 10.5. The molecule has 0 aliphatic heterocycles. The Kier molecular flexibility index (Phi) is 7.59. The van der Waals surface area contributed by atoms with Crippen LogP contribution in [0.25, 0.3) is 0 Å². The van der Waals surface area contributed by atoms with Gasteiger partial charge in [0.2, 0.25) is 5.91 Å². The Balaban J connectivity index is 2.58. The molecule has 0 spiro atoms. The molecule has 1 atom stereocenters. The Bertz CT molecular complexity index is 498. The Labute approximate surface area is 134 Å². The van der Waals surface area contributed by atoms with E-state index in [2.05, 4.69) is 10.1 Å². The Morgan fingerprint density at radius 2 is 1.73 bits per heavy atom. The fourth-order valence-electron chi connectivity index (χ4n) is 1.62. The highest BCUT2D eigenvalue weighted by Crippen LogP contribution is 2.26. The third-order valence-electron chi connectivity index (χ3n) is 2.89. The number of carbonyl (C=O) groups excluding carboxylic acids is 2. The average molecular weight is 327 g/mol. The third-order valence-corrected chi connectivity index (χ3v) is 4.04. The molecule has 0 saturated heterocycles. The van der Waals surface area contributed by atoms with Crippen molar-refractivity contribution in [3.8, 4) is 11.5 Å². The molecule has 1 N–H and O–H groups in total. The van der Waals surface area contributed by atoms with E-state index in [0.29, 0.717) is 22.9 Å². The zero-order valence-electron chi connectivity index (χ0n) is 13.2. The molecule has 0 aliphatic carbocycles. The number of anilines is 1. The summed E-state index contributed by atoms with van der Waals surface area (Å²) in [5, 5.41) is 2.52. The van der Waals surface area contributed by atoms with Gasteiger partial charge in [-0.15, -0.1) is 11.8 Å². The molecule has 0 fully saturated rings. The van der Waals surface area contributed by atoms with Crippen LogP contribution in [0, 0.1) is 0 Å². The van der Waals surface area contributed by atoms with Crippen LogP contribution in [0.2, 0.25) is 0 Å². The van der Waals surface area contributed by atoms with Crippen LogP contribution in [-0.2, 0) is 14.3 Å². The quantitative estimate of drug-likeness (QED) is 0.739. The first-order valence-electron chi connectivity index (χ1n) is 6.72. The lowest BCUT2D eigenvalue weighted by Gasteiger charge is -2.13. The normalized spacial score (nSPS) is 11.5. The number of thioether (sulfide) groups is 1. The van der Waals surface area contributed by atoms with Gasteiger partial charge in [-0.05, 0) is 6.92 Å². The van der Waals surface area contributed by atoms with Crippen LogP contribution in [0.1, 0.15) is 13.3 Å². The molecule has 22 heavy (non-hydrogen) atoms. The number of amides is 1. The molecule has 0 bridgehead atoms. The fourth-order valence-corrected chi connectivity index (χ4v) is 2.47. The smallest absolute Gasteiger partial charge is 0.306 e. The van der Waals surface area contributed by atoms with Crippen molar-refractivity contribution in [1.82, 2.24) is 0 Å². The number of nitrogens with one attached hydrogen (secondary N) is 1. The van der Waals surface area contributed by atoms with Crippen molar-refractivity contribution >= 4 is 29.3 Å². The molecule has 0 heterocycles. The topological polar surface area (TPSA) is 73.9 Å². The lowest BCUT2D eigenvalue weighted by molar-refractivity contribution is -0.140. The minimum absolute atomic E-state index is 0.148. The second-order valence-corrected chi connectivity index (χ2v) is 5.88. The van der Waals surface area contributed by atoms with Gasteiger partial charge in [-0.3, -0.25) is 9.59 Å². The van der Waals surface area contributed by atoms with E-state index in [1.165, 1.54) is 18.9 Å². The van der Waals surface area contributed by atoms with Crippen molar-refractivity contribution in [1.29, 1.82) is 0 Å². The predicted molar refractivity (Wildman–Crippen MR) is 86.7 cm³/mol. The summed E-state index contributed by atoms with van der Waals surface area (Å²) in [6.45, 7) is 1.79. The lowest BCUT2D eigenvalue weighted by atomic mass is 10.2. The Morgan fingerprint density at radius 3 is 2.23 bits per heavy atom. The van der Waals surface area contributed by atoms with Crippen molar-refractivity contribution in [3.05, 3.63) is 18.2 Å². The van der Waals surface area contributed by atoms with Gasteiger partial charge < -0.3 is 19.5 Å². The summed E-state index contributed by atoms with van der Waals surface area (Å²) in [6.07, 6.45) is 0.284. The fraction of sp³-hybridized carbons (Fsp3) is 0.467. The number of carbonyl (C=O) groups is 2. The molecule has 122 valence electrons. The van der Waals surface area contributed by atoms with E-state index in [-0.39, 0.29) is 23.5 Å². The SMILES string of the molecule is COC(=O)CCS[C@H](C)C(=O)Nc1cc(OC)cc(OC)c1. The molecule has 1 aromatic carbocycles. The highest BCUT2D eigenvalue weighted by atomic mass is 32.2. The van der Waals surface area contributed by atoms with Crippen molar-refractivity contribution in [2.45, 2.75) is 18.6 Å². The monoisotopic (exact) mass is 327 g/mol. The molecule has 1 rings (SSSR count). The molecule has 0 aromatic heterocycles. The number of ether oxygens (including phenoxy) is 3. The largest absolute Gasteiger partial charge is 0.497 e. The van der Waals surface area contributed by atoms with Crippen LogP contribution in [-0.4, -0.2) is 44.2 Å². The number of hydrogen-bond acceptors (Lipinski definition) is 6. The van der Waals surface area contributed by atoms with E-state index >= 15 is 0 Å². The molecule has 0 radical (unpaired) electrons. The third kappa shape index (κ3) is 5.85. The Morgan fingerprint density at radius 1 is 1.14 bits per heavy atom. The van der Waals surface area contributed by atoms with Crippen molar-refractivity contribution in [2.24, 2.45) is 0 Å². The van der Waals surface area contributed by atoms with Gasteiger partial charge in [0.15, 0.2) is 0 Å². The van der Waals surface area contributed by atoms with Crippen LogP contribution < -0.4 is 14.8 Å². The molecule has 1 aromatic rings. The summed E-state index contributed by atoms with van der Waals surface area (Å²) in [5.41, 5.74) is 0.599. The van der Waals surface area contributed by atoms with Gasteiger partial charge in [-0.1, -0.05) is 0 Å². The summed E-state index contributed by atoms with van der Waals surface area (Å²) in [6, 6.07) is 5.16. The zero-order valence-corrected chi connectivity index (χ0v) is 14.0. The van der Waals surface area contributed by atoms with Gasteiger partial charge in [0.05, 0.1) is 33.0 Å². The molecular weight excluding hydrogens is 306 g/mol. The number of rotatable bonds is 8. The Hall–Kier alpha value is -1.89. The number of methoxy groups -OCH3 is 3. The van der Waals surface area contributed by atoms with Gasteiger partial charge in [0.1, 0.15) is 11.5 Å². The first-order valence-corrected chi connectivity index (χ1v) is 7.77. The van der Waals surface area contributed by atoms with E-state index in [9.17, 15) is 9.59 Å². The lowest BCUT2D eigenvalue weighted by Crippen LogP contribution is -2.23. The molecule has 0 aliphatic rings. The molecule has 0 saturated carbocycles. The first kappa shape index (κ1) is 18.2. The van der Waals surface area contributed by atoms with Crippen LogP contribution in [0.15, 0.2) is 18.2 Å². The maximum Gasteiger partial charge on any atom is 0.306 e. The van der Waals surface area contributed by atoms with Gasteiger partial charge in [-0.25, -0.2) is 0 Å².